The molecule has 5 nitrogen and oxygen atoms in total. The summed E-state index contributed by atoms with van der Waals surface area (Å²) in [7, 11) is 5.75. The van der Waals surface area contributed by atoms with Gasteiger partial charge in [0.05, 0.1) is 18.4 Å². The lowest BCUT2D eigenvalue weighted by atomic mass is 9.81. The largest absolute Gasteiger partial charge is 0.465 e. The summed E-state index contributed by atoms with van der Waals surface area (Å²) in [6.07, 6.45) is 6.50. The number of hydrogen-bond donors (Lipinski definition) is 0. The lowest BCUT2D eigenvalue weighted by molar-refractivity contribution is 0.0601. The Labute approximate surface area is 200 Å². The Hall–Kier alpha value is -2.15. The Morgan fingerprint density at radius 1 is 1.15 bits per heavy atom. The number of carbonyl (C=O) groups is 1. The number of methoxy groups -OCH3 is 1. The highest BCUT2D eigenvalue weighted by Gasteiger charge is 2.30. The van der Waals surface area contributed by atoms with Crippen molar-refractivity contribution in [2.75, 3.05) is 40.8 Å². The quantitative estimate of drug-likeness (QED) is 0.461. The van der Waals surface area contributed by atoms with Crippen LogP contribution in [0.15, 0.2) is 29.6 Å². The van der Waals surface area contributed by atoms with Gasteiger partial charge in [0.1, 0.15) is 0 Å². The van der Waals surface area contributed by atoms with E-state index < -0.39 is 0 Å². The van der Waals surface area contributed by atoms with Crippen molar-refractivity contribution in [1.82, 2.24) is 14.4 Å². The second-order valence-electron chi connectivity index (χ2n) is 9.81. The number of fused-ring (bicyclic) bond motifs is 5. The molecule has 0 unspecified atom stereocenters. The number of nitrogens with zero attached hydrogens (tertiary/aromatic N) is 3. The van der Waals surface area contributed by atoms with Crippen LogP contribution in [0.25, 0.3) is 22.2 Å². The predicted octanol–water partition coefficient (Wildman–Crippen LogP) is 5.58. The molecule has 1 aromatic carbocycles. The summed E-state index contributed by atoms with van der Waals surface area (Å²) in [5.41, 5.74) is 6.13. The van der Waals surface area contributed by atoms with Crippen LogP contribution in [0, 0.1) is 0 Å². The Bertz CT molecular complexity index is 1140. The lowest BCUT2D eigenvalue weighted by Crippen LogP contribution is -2.34. The summed E-state index contributed by atoms with van der Waals surface area (Å²) in [4.78, 5) is 18.7. The van der Waals surface area contributed by atoms with Crippen molar-refractivity contribution >= 4 is 28.2 Å². The number of ether oxygens (including phenoxy) is 1. The summed E-state index contributed by atoms with van der Waals surface area (Å²) in [6.45, 7) is 5.07. The van der Waals surface area contributed by atoms with E-state index in [1.165, 1.54) is 71.8 Å². The van der Waals surface area contributed by atoms with E-state index in [0.29, 0.717) is 11.5 Å². The summed E-state index contributed by atoms with van der Waals surface area (Å²) in [6, 6.07) is 8.52. The van der Waals surface area contributed by atoms with Gasteiger partial charge in [-0.25, -0.2) is 4.79 Å². The van der Waals surface area contributed by atoms with E-state index >= 15 is 0 Å². The molecule has 1 aliphatic carbocycles. The molecular weight excluding hydrogens is 430 g/mol. The van der Waals surface area contributed by atoms with Gasteiger partial charge in [0.2, 0.25) is 0 Å². The molecule has 0 amide bonds. The summed E-state index contributed by atoms with van der Waals surface area (Å²) < 4.78 is 7.57. The monoisotopic (exact) mass is 465 g/mol. The van der Waals surface area contributed by atoms with Gasteiger partial charge >= 0.3 is 5.97 Å². The van der Waals surface area contributed by atoms with E-state index in [2.05, 4.69) is 52.0 Å². The maximum atomic E-state index is 12.4. The molecule has 1 aliphatic heterocycles. The van der Waals surface area contributed by atoms with Gasteiger partial charge in [-0.3, -0.25) is 4.90 Å². The summed E-state index contributed by atoms with van der Waals surface area (Å²) >= 11 is 1.88. The van der Waals surface area contributed by atoms with Crippen LogP contribution in [-0.2, 0) is 17.8 Å². The third-order valence-corrected chi connectivity index (χ3v) is 8.31. The van der Waals surface area contributed by atoms with Crippen molar-refractivity contribution in [1.29, 1.82) is 0 Å². The third kappa shape index (κ3) is 4.36. The topological polar surface area (TPSA) is 37.7 Å². The Kier molecular flexibility index (Phi) is 6.59. The lowest BCUT2D eigenvalue weighted by Gasteiger charge is -2.29. The SMILES string of the molecule is COC(=O)c1ccc2c(C3CCCCC3)c3n(c2c1)CCN(CCN(C)C)Cc1sccc1-3. The molecule has 0 saturated heterocycles. The minimum Gasteiger partial charge on any atom is -0.465 e. The zero-order valence-corrected chi connectivity index (χ0v) is 20.9. The summed E-state index contributed by atoms with van der Waals surface area (Å²) in [5.74, 6) is 0.333. The van der Waals surface area contributed by atoms with Gasteiger partial charge in [-0.05, 0) is 62.0 Å². The second kappa shape index (κ2) is 9.61. The summed E-state index contributed by atoms with van der Waals surface area (Å²) in [5, 5.41) is 3.58. The average Bonchev–Trinajstić information content (AvgIpc) is 3.40. The molecule has 0 N–H and O–H groups in total. The molecule has 2 aliphatic rings. The molecule has 2 aromatic heterocycles. The van der Waals surface area contributed by atoms with Gasteiger partial charge < -0.3 is 14.2 Å². The van der Waals surface area contributed by atoms with Crippen LogP contribution in [0.3, 0.4) is 0 Å². The molecular formula is C27H35N3O2S. The standard InChI is InChI=1S/C27H35N3O2S/c1-28(2)12-13-29-14-15-30-23-17-20(27(31)32-3)9-10-21(23)25(19-7-5-4-6-8-19)26(30)22-11-16-33-24(22)18-29/h9-11,16-17,19H,4-8,12-15,18H2,1-3H3. The van der Waals surface area contributed by atoms with E-state index in [1.54, 1.807) is 0 Å². The van der Waals surface area contributed by atoms with Crippen LogP contribution >= 0.6 is 11.3 Å². The van der Waals surface area contributed by atoms with Crippen LogP contribution < -0.4 is 0 Å². The minimum absolute atomic E-state index is 0.263. The highest BCUT2D eigenvalue weighted by molar-refractivity contribution is 7.10. The van der Waals surface area contributed by atoms with E-state index in [1.807, 2.05) is 17.4 Å². The fourth-order valence-corrected chi connectivity index (χ4v) is 6.60. The molecule has 6 heteroatoms. The van der Waals surface area contributed by atoms with Gasteiger partial charge in [-0.2, -0.15) is 0 Å². The van der Waals surface area contributed by atoms with Gasteiger partial charge in [0.15, 0.2) is 0 Å². The normalized spacial score (nSPS) is 17.6. The molecule has 3 heterocycles. The van der Waals surface area contributed by atoms with Crippen molar-refractivity contribution in [3.8, 4) is 11.3 Å². The van der Waals surface area contributed by atoms with Crippen LogP contribution in [0.1, 0.15) is 58.8 Å². The molecule has 1 fully saturated rings. The molecule has 5 rings (SSSR count). The second-order valence-corrected chi connectivity index (χ2v) is 10.8. The Balaban J connectivity index is 1.68. The number of likely N-dealkylation sites (N-methyl/N-ethyl adjacent to an activating group) is 1. The number of benzene rings is 1. The van der Waals surface area contributed by atoms with Gasteiger partial charge in [0.25, 0.3) is 0 Å². The van der Waals surface area contributed by atoms with E-state index in [9.17, 15) is 4.79 Å². The van der Waals surface area contributed by atoms with Crippen LogP contribution in [-0.4, -0.2) is 61.2 Å². The van der Waals surface area contributed by atoms with Crippen molar-refractivity contribution < 1.29 is 9.53 Å². The zero-order valence-electron chi connectivity index (χ0n) is 20.1. The van der Waals surface area contributed by atoms with Crippen LogP contribution in [0.5, 0.6) is 0 Å². The molecule has 1 saturated carbocycles. The number of esters is 1. The van der Waals surface area contributed by atoms with E-state index in [-0.39, 0.29) is 5.97 Å². The first kappa shape index (κ1) is 22.6. The number of aromatic nitrogens is 1. The average molecular weight is 466 g/mol. The van der Waals surface area contributed by atoms with Gasteiger partial charge in [-0.15, -0.1) is 11.3 Å². The van der Waals surface area contributed by atoms with Crippen LogP contribution in [0.4, 0.5) is 0 Å². The fraction of sp³-hybridized carbons (Fsp3) is 0.519. The van der Waals surface area contributed by atoms with Crippen molar-refractivity contribution in [2.45, 2.75) is 51.1 Å². The van der Waals surface area contributed by atoms with Crippen molar-refractivity contribution in [2.24, 2.45) is 0 Å². The molecule has 176 valence electrons. The third-order valence-electron chi connectivity index (χ3n) is 7.41. The van der Waals surface area contributed by atoms with Crippen LogP contribution in [0.2, 0.25) is 0 Å². The highest BCUT2D eigenvalue weighted by atomic mass is 32.1. The van der Waals surface area contributed by atoms with Crippen molar-refractivity contribution in [3.63, 3.8) is 0 Å². The van der Waals surface area contributed by atoms with E-state index in [0.717, 1.165) is 32.7 Å². The molecule has 33 heavy (non-hydrogen) atoms. The highest BCUT2D eigenvalue weighted by Crippen LogP contribution is 2.46. The van der Waals surface area contributed by atoms with Crippen molar-refractivity contribution in [3.05, 3.63) is 45.6 Å². The molecule has 3 aromatic rings. The fourth-order valence-electron chi connectivity index (χ4n) is 5.68. The number of carbonyl (C=O) groups excluding carboxylic acids is 1. The first-order valence-corrected chi connectivity index (χ1v) is 13.1. The number of thiophene rings is 1. The first-order chi connectivity index (χ1) is 16.1. The predicted molar refractivity (Wildman–Crippen MR) is 136 cm³/mol. The maximum Gasteiger partial charge on any atom is 0.337 e. The Morgan fingerprint density at radius 3 is 2.73 bits per heavy atom. The van der Waals surface area contributed by atoms with Gasteiger partial charge in [0, 0.05) is 54.1 Å². The molecule has 0 spiro atoms. The Morgan fingerprint density at radius 2 is 1.97 bits per heavy atom. The maximum absolute atomic E-state index is 12.4. The molecule has 0 bridgehead atoms. The first-order valence-electron chi connectivity index (χ1n) is 12.2. The smallest absolute Gasteiger partial charge is 0.337 e. The number of rotatable bonds is 5. The van der Waals surface area contributed by atoms with Gasteiger partial charge in [-0.1, -0.05) is 25.3 Å². The zero-order chi connectivity index (χ0) is 22.9. The molecule has 0 atom stereocenters. The number of hydrogen-bond acceptors (Lipinski definition) is 5. The minimum atomic E-state index is -0.263. The van der Waals surface area contributed by atoms with E-state index in [4.69, 9.17) is 4.74 Å². The molecule has 0 radical (unpaired) electrons.